The van der Waals surface area contributed by atoms with Gasteiger partial charge >= 0.3 is 0 Å². The lowest BCUT2D eigenvalue weighted by Crippen LogP contribution is -2.50. The molecule has 0 atom stereocenters. The number of carbonyl (C=O) groups is 1. The molecule has 190 valence electrons. The van der Waals surface area contributed by atoms with Crippen molar-refractivity contribution < 1.29 is 13.6 Å². The fraction of sp³-hybridized carbons (Fsp3) is 0.172. The minimum Gasteiger partial charge on any atom is -0.353 e. The summed E-state index contributed by atoms with van der Waals surface area (Å²) in [4.78, 5) is 26.6. The summed E-state index contributed by atoms with van der Waals surface area (Å²) in [5, 5.41) is 6.79. The van der Waals surface area contributed by atoms with Crippen molar-refractivity contribution in [3.63, 3.8) is 0 Å². The summed E-state index contributed by atoms with van der Waals surface area (Å²) in [6.45, 7) is 2.41. The molecule has 7 nitrogen and oxygen atoms in total. The topological polar surface area (TPSA) is 67.2 Å². The Bertz CT molecular complexity index is 1590. The summed E-state index contributed by atoms with van der Waals surface area (Å²) in [7, 11) is 0. The van der Waals surface area contributed by atoms with E-state index in [4.69, 9.17) is 0 Å². The molecule has 9 heteroatoms. The van der Waals surface area contributed by atoms with Crippen LogP contribution in [0.15, 0.2) is 85.1 Å². The van der Waals surface area contributed by atoms with Gasteiger partial charge in [-0.05, 0) is 60.0 Å². The van der Waals surface area contributed by atoms with Crippen molar-refractivity contribution in [1.29, 1.82) is 0 Å². The summed E-state index contributed by atoms with van der Waals surface area (Å²) in [5.41, 5.74) is 1.25. The lowest BCUT2D eigenvalue weighted by Gasteiger charge is -2.36. The molecule has 1 saturated heterocycles. The molecule has 1 fully saturated rings. The molecule has 0 saturated carbocycles. The number of halogens is 2. The van der Waals surface area contributed by atoms with E-state index in [0.717, 1.165) is 16.6 Å². The molecule has 0 aliphatic carbocycles. The predicted octanol–water partition coefficient (Wildman–Crippen LogP) is 4.79. The van der Waals surface area contributed by atoms with Gasteiger partial charge in [0, 0.05) is 48.9 Å². The number of anilines is 1. The van der Waals surface area contributed by atoms with Crippen LogP contribution in [-0.2, 0) is 11.3 Å². The van der Waals surface area contributed by atoms with Gasteiger partial charge < -0.3 is 9.80 Å². The van der Waals surface area contributed by atoms with E-state index in [1.54, 1.807) is 24.3 Å². The van der Waals surface area contributed by atoms with E-state index in [-0.39, 0.29) is 24.1 Å². The molecule has 2 aromatic heterocycles. The normalized spacial score (nSPS) is 13.7. The van der Waals surface area contributed by atoms with Crippen molar-refractivity contribution in [1.82, 2.24) is 24.6 Å². The highest BCUT2D eigenvalue weighted by Crippen LogP contribution is 2.26. The Labute approximate surface area is 218 Å². The number of hydrogen-bond donors (Lipinski definition) is 0. The van der Waals surface area contributed by atoms with Crippen LogP contribution >= 0.6 is 0 Å². The number of nitrogens with zero attached hydrogens (tertiary/aromatic N) is 6. The molecular weight excluding hydrogens is 486 g/mol. The predicted molar refractivity (Wildman–Crippen MR) is 141 cm³/mol. The SMILES string of the molecule is O=C(Cn1nc(-c2ccc(F)cc2)nc1-c1ccc(F)cc1)N1CCN(c2nccc3ccccc23)CC1. The van der Waals surface area contributed by atoms with Crippen molar-refractivity contribution in [3.8, 4) is 22.8 Å². The molecule has 1 amide bonds. The number of amides is 1. The van der Waals surface area contributed by atoms with Crippen molar-refractivity contribution in [3.05, 3.63) is 96.7 Å². The van der Waals surface area contributed by atoms with E-state index in [2.05, 4.69) is 32.1 Å². The molecule has 0 N–H and O–H groups in total. The minimum absolute atomic E-state index is 0.0204. The number of fused-ring (bicyclic) bond motifs is 1. The Morgan fingerprint density at radius 1 is 0.789 bits per heavy atom. The van der Waals surface area contributed by atoms with Crippen LogP contribution in [0.1, 0.15) is 0 Å². The number of hydrogen-bond acceptors (Lipinski definition) is 5. The lowest BCUT2D eigenvalue weighted by atomic mass is 10.1. The zero-order valence-corrected chi connectivity index (χ0v) is 20.5. The maximum Gasteiger partial charge on any atom is 0.244 e. The first-order valence-electron chi connectivity index (χ1n) is 12.4. The monoisotopic (exact) mass is 510 g/mol. The van der Waals surface area contributed by atoms with E-state index in [1.165, 1.54) is 28.9 Å². The first-order chi connectivity index (χ1) is 18.5. The Hall–Kier alpha value is -4.66. The molecule has 1 aliphatic heterocycles. The average molecular weight is 511 g/mol. The molecule has 0 bridgehead atoms. The average Bonchev–Trinajstić information content (AvgIpc) is 3.37. The number of aromatic nitrogens is 4. The van der Waals surface area contributed by atoms with Gasteiger partial charge in [-0.15, -0.1) is 5.10 Å². The Kier molecular flexibility index (Phi) is 6.25. The van der Waals surface area contributed by atoms with Crippen LogP contribution < -0.4 is 4.90 Å². The van der Waals surface area contributed by atoms with Crippen LogP contribution in [0.25, 0.3) is 33.5 Å². The Morgan fingerprint density at radius 2 is 1.45 bits per heavy atom. The molecule has 0 spiro atoms. The first-order valence-corrected chi connectivity index (χ1v) is 12.4. The molecule has 1 aliphatic rings. The van der Waals surface area contributed by atoms with Crippen LogP contribution in [0.2, 0.25) is 0 Å². The maximum atomic E-state index is 13.6. The number of benzene rings is 3. The summed E-state index contributed by atoms with van der Waals surface area (Å²) >= 11 is 0. The quantitative estimate of drug-likeness (QED) is 0.340. The second kappa shape index (κ2) is 10.0. The third kappa shape index (κ3) is 4.70. The largest absolute Gasteiger partial charge is 0.353 e. The smallest absolute Gasteiger partial charge is 0.244 e. The number of carbonyl (C=O) groups excluding carboxylic acids is 1. The number of rotatable bonds is 5. The third-order valence-corrected chi connectivity index (χ3v) is 6.75. The van der Waals surface area contributed by atoms with Gasteiger partial charge in [0.05, 0.1) is 0 Å². The first kappa shape index (κ1) is 23.7. The molecule has 3 aromatic carbocycles. The van der Waals surface area contributed by atoms with E-state index in [1.807, 2.05) is 29.3 Å². The molecule has 6 rings (SSSR count). The molecule has 38 heavy (non-hydrogen) atoms. The van der Waals surface area contributed by atoms with Gasteiger partial charge in [0.15, 0.2) is 11.6 Å². The van der Waals surface area contributed by atoms with Crippen LogP contribution in [0.3, 0.4) is 0 Å². The maximum absolute atomic E-state index is 13.6. The Morgan fingerprint density at radius 3 is 2.16 bits per heavy atom. The van der Waals surface area contributed by atoms with Crippen LogP contribution in [0.5, 0.6) is 0 Å². The van der Waals surface area contributed by atoms with Gasteiger partial charge in [0.1, 0.15) is 24.0 Å². The number of piperazine rings is 1. The van der Waals surface area contributed by atoms with Gasteiger partial charge in [0.2, 0.25) is 5.91 Å². The molecule has 0 unspecified atom stereocenters. The third-order valence-electron chi connectivity index (χ3n) is 6.75. The van der Waals surface area contributed by atoms with Gasteiger partial charge in [-0.2, -0.15) is 0 Å². The molecular formula is C29H24F2N6O. The van der Waals surface area contributed by atoms with Crippen molar-refractivity contribution in [2.75, 3.05) is 31.1 Å². The van der Waals surface area contributed by atoms with Gasteiger partial charge in [-0.1, -0.05) is 24.3 Å². The van der Waals surface area contributed by atoms with Crippen molar-refractivity contribution >= 4 is 22.5 Å². The van der Waals surface area contributed by atoms with Crippen LogP contribution in [-0.4, -0.2) is 56.7 Å². The van der Waals surface area contributed by atoms with Gasteiger partial charge in [0.25, 0.3) is 0 Å². The van der Waals surface area contributed by atoms with Gasteiger partial charge in [-0.25, -0.2) is 23.4 Å². The van der Waals surface area contributed by atoms with Crippen molar-refractivity contribution in [2.45, 2.75) is 6.54 Å². The van der Waals surface area contributed by atoms with Crippen molar-refractivity contribution in [2.24, 2.45) is 0 Å². The second-order valence-electron chi connectivity index (χ2n) is 9.15. The number of pyridine rings is 1. The zero-order valence-electron chi connectivity index (χ0n) is 20.5. The molecule has 3 heterocycles. The summed E-state index contributed by atoms with van der Waals surface area (Å²) in [5.74, 6) is 0.914. The fourth-order valence-corrected chi connectivity index (χ4v) is 4.74. The minimum atomic E-state index is -0.367. The summed E-state index contributed by atoms with van der Waals surface area (Å²) in [6.07, 6.45) is 1.82. The second-order valence-corrected chi connectivity index (χ2v) is 9.15. The highest BCUT2D eigenvalue weighted by molar-refractivity contribution is 5.92. The summed E-state index contributed by atoms with van der Waals surface area (Å²) < 4.78 is 28.5. The van der Waals surface area contributed by atoms with E-state index >= 15 is 0 Å². The fourth-order valence-electron chi connectivity index (χ4n) is 4.74. The standard InChI is InChI=1S/C29H24F2N6O/c30-23-9-5-21(6-10-23)27-33-28(22-7-11-24(31)12-8-22)37(34-27)19-26(38)35-15-17-36(18-16-35)29-25-4-2-1-3-20(25)13-14-32-29/h1-14H,15-19H2. The highest BCUT2D eigenvalue weighted by Gasteiger charge is 2.25. The molecule has 5 aromatic rings. The van der Waals surface area contributed by atoms with Gasteiger partial charge in [-0.3, -0.25) is 4.79 Å². The lowest BCUT2D eigenvalue weighted by molar-refractivity contribution is -0.132. The molecule has 0 radical (unpaired) electrons. The van der Waals surface area contributed by atoms with Crippen LogP contribution in [0.4, 0.5) is 14.6 Å². The highest BCUT2D eigenvalue weighted by atomic mass is 19.1. The Balaban J connectivity index is 1.21. The van der Waals surface area contributed by atoms with E-state index in [0.29, 0.717) is 49.0 Å². The summed E-state index contributed by atoms with van der Waals surface area (Å²) in [6, 6.07) is 21.9. The van der Waals surface area contributed by atoms with Crippen LogP contribution in [0, 0.1) is 11.6 Å². The zero-order chi connectivity index (χ0) is 26.1. The van der Waals surface area contributed by atoms with E-state index < -0.39 is 0 Å². The van der Waals surface area contributed by atoms with E-state index in [9.17, 15) is 13.6 Å².